The van der Waals surface area contributed by atoms with Crippen molar-refractivity contribution < 1.29 is 9.57 Å². The number of H-pyrrole nitrogens is 1. The quantitative estimate of drug-likeness (QED) is 0.277. The van der Waals surface area contributed by atoms with Gasteiger partial charge in [-0.2, -0.15) is 10.2 Å². The number of aromatic amines is 1. The molecule has 0 saturated carbocycles. The number of benzene rings is 3. The van der Waals surface area contributed by atoms with E-state index in [9.17, 15) is 0 Å². The van der Waals surface area contributed by atoms with Gasteiger partial charge in [-0.1, -0.05) is 65.8 Å². The molecule has 3 aromatic carbocycles. The highest BCUT2D eigenvalue weighted by molar-refractivity contribution is 5.97. The molecule has 0 fully saturated rings. The van der Waals surface area contributed by atoms with Gasteiger partial charge < -0.3 is 9.57 Å². The number of rotatable bonds is 8. The van der Waals surface area contributed by atoms with E-state index in [4.69, 9.17) is 9.57 Å². The normalized spacial score (nSPS) is 11.4. The molecule has 9 heteroatoms. The van der Waals surface area contributed by atoms with Gasteiger partial charge in [0.2, 0.25) is 5.82 Å². The smallest absolute Gasteiger partial charge is 0.297 e. The second-order valence-corrected chi connectivity index (χ2v) is 7.52. The second kappa shape index (κ2) is 9.53. The van der Waals surface area contributed by atoms with E-state index in [1.807, 2.05) is 43.3 Å². The van der Waals surface area contributed by atoms with Crippen LogP contribution in [0.5, 0.6) is 6.01 Å². The number of ether oxygens (including phenoxy) is 1. The number of aromatic nitrogens is 6. The van der Waals surface area contributed by atoms with Gasteiger partial charge in [0, 0.05) is 11.1 Å². The van der Waals surface area contributed by atoms with Crippen LogP contribution in [-0.2, 0) is 11.4 Å². The summed E-state index contributed by atoms with van der Waals surface area (Å²) >= 11 is 0. The van der Waals surface area contributed by atoms with Gasteiger partial charge in [0.25, 0.3) is 6.01 Å². The van der Waals surface area contributed by atoms with Gasteiger partial charge in [-0.3, -0.25) is 4.57 Å². The second-order valence-electron chi connectivity index (χ2n) is 7.52. The number of nitrogens with one attached hydrogen (secondary N) is 1. The Labute approximate surface area is 196 Å². The monoisotopic (exact) mass is 453 g/mol. The van der Waals surface area contributed by atoms with Crippen LogP contribution in [0.1, 0.15) is 18.1 Å². The van der Waals surface area contributed by atoms with Crippen LogP contribution in [0.3, 0.4) is 0 Å². The molecule has 0 spiro atoms. The molecule has 0 unspecified atom stereocenters. The molecule has 1 N–H and O–H groups in total. The van der Waals surface area contributed by atoms with E-state index in [-0.39, 0.29) is 0 Å². The molecule has 2 heterocycles. The Hall–Kier alpha value is -4.53. The summed E-state index contributed by atoms with van der Waals surface area (Å²) in [6.07, 6.45) is 1.69. The molecule has 0 aliphatic carbocycles. The van der Waals surface area contributed by atoms with Crippen molar-refractivity contribution in [2.24, 2.45) is 5.16 Å². The fraction of sp³-hybridized carbons (Fsp3) is 0.160. The molecular formula is C25H23N7O2. The zero-order chi connectivity index (χ0) is 23.3. The van der Waals surface area contributed by atoms with Crippen LogP contribution in [0.15, 0.2) is 71.9 Å². The zero-order valence-corrected chi connectivity index (χ0v) is 18.8. The van der Waals surface area contributed by atoms with E-state index >= 15 is 0 Å². The summed E-state index contributed by atoms with van der Waals surface area (Å²) in [7, 11) is 1.53. The summed E-state index contributed by atoms with van der Waals surface area (Å²) in [4.78, 5) is 9.58. The Morgan fingerprint density at radius 3 is 2.56 bits per heavy atom. The van der Waals surface area contributed by atoms with Crippen LogP contribution >= 0.6 is 0 Å². The summed E-state index contributed by atoms with van der Waals surface area (Å²) in [6.45, 7) is 3.07. The predicted molar refractivity (Wildman–Crippen MR) is 130 cm³/mol. The van der Waals surface area contributed by atoms with Crippen molar-refractivity contribution >= 4 is 17.2 Å². The summed E-state index contributed by atoms with van der Waals surface area (Å²) < 4.78 is 7.92. The van der Waals surface area contributed by atoms with Gasteiger partial charge in [-0.15, -0.1) is 10.2 Å². The predicted octanol–water partition coefficient (Wildman–Crippen LogP) is 4.31. The van der Waals surface area contributed by atoms with Gasteiger partial charge in [0.1, 0.15) is 7.11 Å². The first-order chi connectivity index (χ1) is 16.8. The van der Waals surface area contributed by atoms with Gasteiger partial charge in [0.05, 0.1) is 30.4 Å². The van der Waals surface area contributed by atoms with Crippen molar-refractivity contribution in [2.45, 2.75) is 13.5 Å². The first kappa shape index (κ1) is 21.3. The molecule has 0 aliphatic rings. The number of fused-ring (bicyclic) bond motifs is 1. The average Bonchev–Trinajstić information content (AvgIpc) is 3.53. The molecule has 9 nitrogen and oxygen atoms in total. The highest BCUT2D eigenvalue weighted by Gasteiger charge is 2.16. The summed E-state index contributed by atoms with van der Waals surface area (Å²) in [5.74, 6) is 0.566. The third kappa shape index (κ3) is 4.11. The van der Waals surface area contributed by atoms with E-state index in [0.29, 0.717) is 25.0 Å². The largest absolute Gasteiger partial charge is 0.465 e. The van der Waals surface area contributed by atoms with Crippen molar-refractivity contribution in [3.63, 3.8) is 0 Å². The number of hydrogen-bond donors (Lipinski definition) is 1. The lowest BCUT2D eigenvalue weighted by Gasteiger charge is -2.12. The molecule has 2 aromatic heterocycles. The Morgan fingerprint density at radius 1 is 1.00 bits per heavy atom. The highest BCUT2D eigenvalue weighted by Crippen LogP contribution is 2.31. The van der Waals surface area contributed by atoms with E-state index in [2.05, 4.69) is 65.7 Å². The standard InChI is InChI=1S/C25H23N7O2/c1-3-34-25-27-22-10-6-7-19(15-26-33-2)23(22)32(25)16-17-11-13-18(14-12-17)20-8-4-5-9-21(20)24-28-30-31-29-24/h4-15H,3,16H2,1-2H3,(H,28,29,30,31). The van der Waals surface area contributed by atoms with Crippen molar-refractivity contribution in [3.05, 3.63) is 77.9 Å². The third-order valence-electron chi connectivity index (χ3n) is 5.45. The summed E-state index contributed by atoms with van der Waals surface area (Å²) in [5.41, 5.74) is 6.83. The lowest BCUT2D eigenvalue weighted by atomic mass is 9.98. The minimum Gasteiger partial charge on any atom is -0.465 e. The van der Waals surface area contributed by atoms with Gasteiger partial charge in [0.15, 0.2) is 0 Å². The molecule has 5 aromatic rings. The molecule has 0 radical (unpaired) electrons. The fourth-order valence-corrected chi connectivity index (χ4v) is 3.97. The van der Waals surface area contributed by atoms with Crippen LogP contribution in [0.2, 0.25) is 0 Å². The van der Waals surface area contributed by atoms with Crippen molar-refractivity contribution in [3.8, 4) is 28.5 Å². The Kier molecular flexibility index (Phi) is 5.98. The SMILES string of the molecule is CCOc1nc2cccc(C=NOC)c2n1Cc1ccc(-c2ccccc2-c2nn[nH]n2)cc1. The molecule has 0 saturated heterocycles. The molecule has 0 amide bonds. The maximum atomic E-state index is 5.86. The molecule has 0 bridgehead atoms. The Balaban J connectivity index is 1.51. The highest BCUT2D eigenvalue weighted by atomic mass is 16.6. The average molecular weight is 454 g/mol. The number of hydrogen-bond acceptors (Lipinski definition) is 7. The number of para-hydroxylation sites is 1. The molecule has 170 valence electrons. The molecule has 0 atom stereocenters. The zero-order valence-electron chi connectivity index (χ0n) is 18.8. The lowest BCUT2D eigenvalue weighted by Crippen LogP contribution is -2.06. The minimum absolute atomic E-state index is 0.524. The van der Waals surface area contributed by atoms with Crippen molar-refractivity contribution in [2.75, 3.05) is 13.7 Å². The van der Waals surface area contributed by atoms with Crippen LogP contribution in [0, 0.1) is 0 Å². The number of oxime groups is 1. The topological polar surface area (TPSA) is 103 Å². The van der Waals surface area contributed by atoms with E-state index in [1.165, 1.54) is 7.11 Å². The molecule has 0 aliphatic heterocycles. The van der Waals surface area contributed by atoms with E-state index in [1.54, 1.807) is 6.21 Å². The molecule has 34 heavy (non-hydrogen) atoms. The lowest BCUT2D eigenvalue weighted by molar-refractivity contribution is 0.215. The first-order valence-corrected chi connectivity index (χ1v) is 10.9. The van der Waals surface area contributed by atoms with Crippen molar-refractivity contribution in [1.29, 1.82) is 0 Å². The fourth-order valence-electron chi connectivity index (χ4n) is 3.97. The van der Waals surface area contributed by atoms with Crippen LogP contribution in [-0.4, -0.2) is 50.1 Å². The van der Waals surface area contributed by atoms with Gasteiger partial charge >= 0.3 is 0 Å². The number of nitrogens with zero attached hydrogens (tertiary/aromatic N) is 6. The summed E-state index contributed by atoms with van der Waals surface area (Å²) in [5, 5.41) is 18.4. The molecular weight excluding hydrogens is 430 g/mol. The first-order valence-electron chi connectivity index (χ1n) is 10.9. The Bertz CT molecular complexity index is 1420. The Morgan fingerprint density at radius 2 is 1.82 bits per heavy atom. The van der Waals surface area contributed by atoms with Gasteiger partial charge in [-0.05, 0) is 34.9 Å². The summed E-state index contributed by atoms with van der Waals surface area (Å²) in [6, 6.07) is 22.9. The van der Waals surface area contributed by atoms with Crippen LogP contribution in [0.25, 0.3) is 33.5 Å². The van der Waals surface area contributed by atoms with E-state index in [0.717, 1.165) is 38.9 Å². The molecule has 5 rings (SSSR count). The van der Waals surface area contributed by atoms with Crippen LogP contribution < -0.4 is 4.74 Å². The maximum absolute atomic E-state index is 5.86. The number of imidazole rings is 1. The maximum Gasteiger partial charge on any atom is 0.297 e. The number of tetrazole rings is 1. The van der Waals surface area contributed by atoms with Crippen LogP contribution in [0.4, 0.5) is 0 Å². The van der Waals surface area contributed by atoms with Gasteiger partial charge in [-0.25, -0.2) is 0 Å². The van der Waals surface area contributed by atoms with Crippen molar-refractivity contribution in [1.82, 2.24) is 30.2 Å². The third-order valence-corrected chi connectivity index (χ3v) is 5.45. The van der Waals surface area contributed by atoms with E-state index < -0.39 is 0 Å². The minimum atomic E-state index is 0.524.